The van der Waals surface area contributed by atoms with E-state index in [1.54, 1.807) is 11.0 Å². The van der Waals surface area contributed by atoms with Crippen molar-refractivity contribution in [3.63, 3.8) is 0 Å². The van der Waals surface area contributed by atoms with Gasteiger partial charge in [0.15, 0.2) is 0 Å². The largest absolute Gasteiger partial charge is 0.508 e. The predicted molar refractivity (Wildman–Crippen MR) is 134 cm³/mol. The topological polar surface area (TPSA) is 76.0 Å². The highest BCUT2D eigenvalue weighted by atomic mass is 16.3. The number of aromatic hydroxyl groups is 2. The molecule has 0 unspecified atom stereocenters. The third-order valence-corrected chi connectivity index (χ3v) is 6.90. The maximum atomic E-state index is 13.2. The van der Waals surface area contributed by atoms with E-state index in [2.05, 4.69) is 52.7 Å². The molecule has 0 aliphatic carbocycles. The van der Waals surface area contributed by atoms with Crippen molar-refractivity contribution in [3.05, 3.63) is 76.9 Å². The Labute approximate surface area is 200 Å². The molecule has 3 aromatic rings. The molecule has 0 atom stereocenters. The fraction of sp³-hybridized carbons (Fsp3) is 0.321. The van der Waals surface area contributed by atoms with Gasteiger partial charge in [0.05, 0.1) is 5.56 Å². The number of nitrogens with zero attached hydrogens (tertiary/aromatic N) is 2. The number of fused-ring (bicyclic) bond motifs is 1. The molecule has 34 heavy (non-hydrogen) atoms. The fourth-order valence-corrected chi connectivity index (χ4v) is 4.90. The normalized spacial score (nSPS) is 15.6. The summed E-state index contributed by atoms with van der Waals surface area (Å²) in [6.07, 6.45) is 0. The molecule has 0 bridgehead atoms. The lowest BCUT2D eigenvalue weighted by Gasteiger charge is -2.29. The van der Waals surface area contributed by atoms with E-state index in [9.17, 15) is 15.0 Å². The van der Waals surface area contributed by atoms with E-state index in [1.165, 1.54) is 11.8 Å². The number of carbonyl (C=O) groups is 1. The molecule has 3 N–H and O–H groups in total. The van der Waals surface area contributed by atoms with Crippen molar-refractivity contribution < 1.29 is 15.0 Å². The van der Waals surface area contributed by atoms with Crippen LogP contribution in [0.25, 0.3) is 11.1 Å². The van der Waals surface area contributed by atoms with Crippen molar-refractivity contribution in [1.82, 2.24) is 10.2 Å². The molecule has 1 amide bonds. The Kier molecular flexibility index (Phi) is 5.92. The van der Waals surface area contributed by atoms with E-state index in [4.69, 9.17) is 0 Å². The molecule has 2 aliphatic heterocycles. The molecular formula is C28H31N3O3. The second-order valence-corrected chi connectivity index (χ2v) is 9.51. The third-order valence-electron chi connectivity index (χ3n) is 6.90. The van der Waals surface area contributed by atoms with Crippen LogP contribution < -0.4 is 10.2 Å². The number of anilines is 1. The molecule has 0 radical (unpaired) electrons. The Morgan fingerprint density at radius 2 is 1.53 bits per heavy atom. The molecule has 6 nitrogen and oxygen atoms in total. The third kappa shape index (κ3) is 4.21. The number of phenolic OH excluding ortho intramolecular Hbond substituents is 2. The summed E-state index contributed by atoms with van der Waals surface area (Å²) >= 11 is 0. The van der Waals surface area contributed by atoms with Crippen molar-refractivity contribution >= 4 is 11.6 Å². The van der Waals surface area contributed by atoms with Crippen LogP contribution in [0.15, 0.2) is 54.6 Å². The van der Waals surface area contributed by atoms with Gasteiger partial charge in [0, 0.05) is 51.0 Å². The zero-order chi connectivity index (χ0) is 23.8. The number of amides is 1. The number of carbonyl (C=O) groups excluding carboxylic acids is 1. The first-order valence-electron chi connectivity index (χ1n) is 11.9. The van der Waals surface area contributed by atoms with Gasteiger partial charge in [-0.1, -0.05) is 38.1 Å². The molecule has 5 rings (SSSR count). The number of rotatable bonds is 4. The van der Waals surface area contributed by atoms with Crippen LogP contribution in [0, 0.1) is 0 Å². The summed E-state index contributed by atoms with van der Waals surface area (Å²) < 4.78 is 0. The molecule has 2 aliphatic rings. The van der Waals surface area contributed by atoms with Gasteiger partial charge in [-0.3, -0.25) is 4.79 Å². The minimum Gasteiger partial charge on any atom is -0.508 e. The van der Waals surface area contributed by atoms with E-state index in [0.29, 0.717) is 18.7 Å². The van der Waals surface area contributed by atoms with Crippen LogP contribution in [-0.2, 0) is 13.1 Å². The van der Waals surface area contributed by atoms with Crippen LogP contribution in [0.4, 0.5) is 5.69 Å². The van der Waals surface area contributed by atoms with Gasteiger partial charge in [-0.25, -0.2) is 0 Å². The number of benzene rings is 3. The first-order chi connectivity index (χ1) is 16.4. The average Bonchev–Trinajstić information content (AvgIpc) is 3.28. The first-order valence-corrected chi connectivity index (χ1v) is 11.9. The Bertz CT molecular complexity index is 1210. The van der Waals surface area contributed by atoms with Gasteiger partial charge in [-0.2, -0.15) is 0 Å². The molecule has 2 heterocycles. The van der Waals surface area contributed by atoms with Crippen LogP contribution in [0.3, 0.4) is 0 Å². The molecule has 6 heteroatoms. The van der Waals surface area contributed by atoms with Crippen molar-refractivity contribution in [2.45, 2.75) is 32.9 Å². The zero-order valence-corrected chi connectivity index (χ0v) is 19.7. The summed E-state index contributed by atoms with van der Waals surface area (Å²) in [5, 5.41) is 23.8. The van der Waals surface area contributed by atoms with E-state index in [0.717, 1.165) is 48.4 Å². The standard InChI is InChI=1S/C28H31N3O3/c1-18(2)24-14-25(27(33)15-26(24)32)28(34)31-16-21-4-3-20(13-22(21)17-31)19-5-7-23(8-6-19)30-11-9-29-10-12-30/h3-8,13-15,18,29,32-33H,9-12,16-17H2,1-2H3. The second kappa shape index (κ2) is 9.03. The second-order valence-electron chi connectivity index (χ2n) is 9.51. The highest BCUT2D eigenvalue weighted by Crippen LogP contribution is 2.35. The summed E-state index contributed by atoms with van der Waals surface area (Å²) in [6, 6.07) is 18.0. The van der Waals surface area contributed by atoms with Gasteiger partial charge < -0.3 is 25.3 Å². The van der Waals surface area contributed by atoms with Gasteiger partial charge in [0.25, 0.3) is 5.91 Å². The van der Waals surface area contributed by atoms with Gasteiger partial charge >= 0.3 is 0 Å². The molecule has 0 aromatic heterocycles. The SMILES string of the molecule is CC(C)c1cc(C(=O)N2Cc3ccc(-c4ccc(N5CCNCC5)cc4)cc3C2)c(O)cc1O. The first kappa shape index (κ1) is 22.3. The van der Waals surface area contributed by atoms with E-state index >= 15 is 0 Å². The predicted octanol–water partition coefficient (Wildman–Crippen LogP) is 4.45. The van der Waals surface area contributed by atoms with Gasteiger partial charge in [-0.05, 0) is 58.0 Å². The average molecular weight is 458 g/mol. The molecule has 1 saturated heterocycles. The van der Waals surface area contributed by atoms with Crippen LogP contribution in [0.2, 0.25) is 0 Å². The van der Waals surface area contributed by atoms with Crippen molar-refractivity contribution in [3.8, 4) is 22.6 Å². The lowest BCUT2D eigenvalue weighted by Crippen LogP contribution is -2.43. The van der Waals surface area contributed by atoms with E-state index in [-0.39, 0.29) is 28.9 Å². The van der Waals surface area contributed by atoms with E-state index < -0.39 is 0 Å². The Morgan fingerprint density at radius 1 is 0.853 bits per heavy atom. The molecule has 176 valence electrons. The summed E-state index contributed by atoms with van der Waals surface area (Å²) in [6.45, 7) is 8.99. The monoisotopic (exact) mass is 457 g/mol. The summed E-state index contributed by atoms with van der Waals surface area (Å²) in [5.74, 6) is -0.351. The van der Waals surface area contributed by atoms with Crippen LogP contribution in [0.5, 0.6) is 11.5 Å². The van der Waals surface area contributed by atoms with Crippen LogP contribution >= 0.6 is 0 Å². The molecule has 0 saturated carbocycles. The fourth-order valence-electron chi connectivity index (χ4n) is 4.90. The Hall–Kier alpha value is -3.51. The lowest BCUT2D eigenvalue weighted by molar-refractivity contribution is 0.0748. The highest BCUT2D eigenvalue weighted by Gasteiger charge is 2.27. The number of phenols is 2. The Balaban J connectivity index is 1.34. The Morgan fingerprint density at radius 3 is 2.24 bits per heavy atom. The number of nitrogens with one attached hydrogen (secondary N) is 1. The number of hydrogen-bond acceptors (Lipinski definition) is 5. The van der Waals surface area contributed by atoms with Crippen LogP contribution in [0.1, 0.15) is 46.8 Å². The molecule has 0 spiro atoms. The number of piperazine rings is 1. The van der Waals surface area contributed by atoms with Crippen molar-refractivity contribution in [2.24, 2.45) is 0 Å². The minimum atomic E-state index is -0.225. The van der Waals surface area contributed by atoms with Crippen molar-refractivity contribution in [1.29, 1.82) is 0 Å². The number of hydrogen-bond donors (Lipinski definition) is 3. The van der Waals surface area contributed by atoms with Gasteiger partial charge in [0.2, 0.25) is 0 Å². The van der Waals surface area contributed by atoms with Gasteiger partial charge in [0.1, 0.15) is 11.5 Å². The highest BCUT2D eigenvalue weighted by molar-refractivity contribution is 5.97. The minimum absolute atomic E-state index is 0.0152. The van der Waals surface area contributed by atoms with E-state index in [1.807, 2.05) is 13.8 Å². The lowest BCUT2D eigenvalue weighted by atomic mass is 9.98. The summed E-state index contributed by atoms with van der Waals surface area (Å²) in [4.78, 5) is 17.4. The van der Waals surface area contributed by atoms with Crippen LogP contribution in [-0.4, -0.2) is 47.2 Å². The quantitative estimate of drug-likeness (QED) is 0.540. The maximum Gasteiger partial charge on any atom is 0.258 e. The maximum absolute atomic E-state index is 13.2. The molecule has 1 fully saturated rings. The van der Waals surface area contributed by atoms with Crippen molar-refractivity contribution in [2.75, 3.05) is 31.1 Å². The molecule has 3 aromatic carbocycles. The summed E-state index contributed by atoms with van der Waals surface area (Å²) in [7, 11) is 0. The smallest absolute Gasteiger partial charge is 0.258 e. The summed E-state index contributed by atoms with van der Waals surface area (Å²) in [5.41, 5.74) is 6.68. The van der Waals surface area contributed by atoms with Gasteiger partial charge in [-0.15, -0.1) is 0 Å². The zero-order valence-electron chi connectivity index (χ0n) is 19.7. The molecular weight excluding hydrogens is 426 g/mol.